The Bertz CT molecular complexity index is 652. The molecule has 0 unspecified atom stereocenters. The first-order valence-corrected chi connectivity index (χ1v) is 6.05. The number of aromatic nitrogens is 4. The fourth-order valence-electron chi connectivity index (χ4n) is 1.35. The molecule has 2 heterocycles. The highest BCUT2D eigenvalue weighted by molar-refractivity contribution is 6.29. The molecule has 10 heteroatoms. The van der Waals surface area contributed by atoms with Crippen molar-refractivity contribution in [1.29, 1.82) is 0 Å². The molecule has 2 aromatic heterocycles. The molecule has 0 aliphatic heterocycles. The van der Waals surface area contributed by atoms with Crippen LogP contribution < -0.4 is 5.32 Å². The van der Waals surface area contributed by atoms with E-state index in [0.717, 1.165) is 6.92 Å². The Morgan fingerprint density at radius 1 is 1.19 bits per heavy atom. The van der Waals surface area contributed by atoms with Crippen LogP contribution in [-0.2, 0) is 0 Å². The van der Waals surface area contributed by atoms with Gasteiger partial charge in [0, 0.05) is 0 Å². The Morgan fingerprint density at radius 3 is 2.52 bits per heavy atom. The smallest absolute Gasteiger partial charge is 0.408 e. The van der Waals surface area contributed by atoms with Crippen LogP contribution in [0.25, 0.3) is 11.5 Å². The molecule has 0 spiro atoms. The van der Waals surface area contributed by atoms with Crippen LogP contribution in [-0.4, -0.2) is 37.3 Å². The van der Waals surface area contributed by atoms with Crippen LogP contribution in [0.2, 0.25) is 5.15 Å². The highest BCUT2D eigenvalue weighted by atomic mass is 35.5. The number of hydrogen-bond donors (Lipinski definition) is 2. The topological polar surface area (TPSA) is 83.8 Å². The van der Waals surface area contributed by atoms with Gasteiger partial charge in [0.15, 0.2) is 5.82 Å². The first-order chi connectivity index (χ1) is 9.75. The molecule has 0 fully saturated rings. The molecule has 112 valence electrons. The number of nitrogens with zero attached hydrogens (tertiary/aromatic N) is 4. The molecule has 2 rings (SSSR count). The van der Waals surface area contributed by atoms with Gasteiger partial charge in [-0.25, -0.2) is 4.98 Å². The maximum absolute atomic E-state index is 12.5. The summed E-state index contributed by atoms with van der Waals surface area (Å²) < 4.78 is 37.5. The lowest BCUT2D eigenvalue weighted by molar-refractivity contribution is -0.138. The summed E-state index contributed by atoms with van der Waals surface area (Å²) in [5.41, 5.74) is 0.197. The molecule has 0 radical (unpaired) electrons. The minimum Gasteiger partial charge on any atom is -0.479 e. The van der Waals surface area contributed by atoms with Crippen LogP contribution in [0, 0.1) is 0 Å². The highest BCUT2D eigenvalue weighted by Crippen LogP contribution is 2.23. The molecule has 0 saturated heterocycles. The number of nitrogens with one attached hydrogen (secondary N) is 1. The van der Waals surface area contributed by atoms with Gasteiger partial charge in [0.25, 0.3) is 0 Å². The van der Waals surface area contributed by atoms with Crippen molar-refractivity contribution in [2.24, 2.45) is 0 Å². The Labute approximate surface area is 122 Å². The van der Waals surface area contributed by atoms with Crippen LogP contribution in [0.1, 0.15) is 6.92 Å². The molecular weight excluding hydrogens is 311 g/mol. The zero-order chi connectivity index (χ0) is 15.6. The summed E-state index contributed by atoms with van der Waals surface area (Å²) in [6, 6.07) is 1.96. The minimum absolute atomic E-state index is 0.0955. The molecule has 0 bridgehead atoms. The normalized spacial score (nSPS) is 13.0. The van der Waals surface area contributed by atoms with Crippen LogP contribution in [0.5, 0.6) is 6.01 Å². The first kappa shape index (κ1) is 15.2. The van der Waals surface area contributed by atoms with Gasteiger partial charge in [-0.1, -0.05) is 17.7 Å². The molecule has 2 N–H and O–H groups in total. The average molecular weight is 320 g/mol. The maximum atomic E-state index is 12.5. The van der Waals surface area contributed by atoms with Gasteiger partial charge < -0.3 is 10.4 Å². The van der Waals surface area contributed by atoms with Crippen molar-refractivity contribution in [1.82, 2.24) is 19.9 Å². The number of alkyl halides is 3. The third-order valence-electron chi connectivity index (χ3n) is 2.40. The van der Waals surface area contributed by atoms with E-state index in [0.29, 0.717) is 0 Å². The van der Waals surface area contributed by atoms with Gasteiger partial charge in [0.2, 0.25) is 5.95 Å². The van der Waals surface area contributed by atoms with E-state index in [-0.39, 0.29) is 16.7 Å². The summed E-state index contributed by atoms with van der Waals surface area (Å²) in [6.45, 7) is 0.901. The summed E-state index contributed by atoms with van der Waals surface area (Å²) in [5, 5.41) is 11.6. The van der Waals surface area contributed by atoms with Crippen molar-refractivity contribution in [3.05, 3.63) is 23.4 Å². The summed E-state index contributed by atoms with van der Waals surface area (Å²) in [4.78, 5) is 14.7. The second-order valence-electron chi connectivity index (χ2n) is 4.04. The predicted molar refractivity (Wildman–Crippen MR) is 68.9 cm³/mol. The molecule has 1 atom stereocenters. The van der Waals surface area contributed by atoms with Crippen molar-refractivity contribution in [2.75, 3.05) is 5.32 Å². The SMILES string of the molecule is C[C@@H](Nc1nc(O)nc(-c2cccc(Cl)n2)n1)C(F)(F)F. The lowest BCUT2D eigenvalue weighted by Gasteiger charge is -2.17. The zero-order valence-corrected chi connectivity index (χ0v) is 11.3. The van der Waals surface area contributed by atoms with E-state index >= 15 is 0 Å². The molecule has 6 nitrogen and oxygen atoms in total. The fourth-order valence-corrected chi connectivity index (χ4v) is 1.52. The van der Waals surface area contributed by atoms with Gasteiger partial charge in [-0.05, 0) is 19.1 Å². The summed E-state index contributed by atoms with van der Waals surface area (Å²) in [6.07, 6.45) is -4.48. The highest BCUT2D eigenvalue weighted by Gasteiger charge is 2.36. The second-order valence-corrected chi connectivity index (χ2v) is 4.42. The first-order valence-electron chi connectivity index (χ1n) is 5.67. The standard InChI is InChI=1S/C11H9ClF3N5O/c1-5(11(13,14)15)16-9-18-8(19-10(21)20-9)6-3-2-4-7(12)17-6/h2-5H,1H3,(H2,16,18,19,20,21)/t5-/m1/s1. The maximum Gasteiger partial charge on any atom is 0.408 e. The van der Waals surface area contributed by atoms with E-state index in [4.69, 9.17) is 11.6 Å². The Balaban J connectivity index is 2.34. The lowest BCUT2D eigenvalue weighted by atomic mass is 10.3. The second kappa shape index (κ2) is 5.68. The van der Waals surface area contributed by atoms with E-state index in [2.05, 4.69) is 19.9 Å². The third-order valence-corrected chi connectivity index (χ3v) is 2.61. The van der Waals surface area contributed by atoms with Gasteiger partial charge in [-0.15, -0.1) is 0 Å². The Morgan fingerprint density at radius 2 is 1.90 bits per heavy atom. The van der Waals surface area contributed by atoms with Crippen molar-refractivity contribution in [2.45, 2.75) is 19.1 Å². The van der Waals surface area contributed by atoms with Gasteiger partial charge in [-0.3, -0.25) is 0 Å². The number of pyridine rings is 1. The molecule has 0 saturated carbocycles. The number of aromatic hydroxyl groups is 1. The Hall–Kier alpha value is -2.16. The zero-order valence-electron chi connectivity index (χ0n) is 10.6. The third kappa shape index (κ3) is 3.91. The number of hydrogen-bond acceptors (Lipinski definition) is 6. The van der Waals surface area contributed by atoms with Gasteiger partial charge in [0.1, 0.15) is 16.9 Å². The number of halogens is 4. The van der Waals surface area contributed by atoms with Gasteiger partial charge >= 0.3 is 12.2 Å². The van der Waals surface area contributed by atoms with Crippen molar-refractivity contribution < 1.29 is 18.3 Å². The van der Waals surface area contributed by atoms with Crippen LogP contribution in [0.15, 0.2) is 18.2 Å². The number of rotatable bonds is 3. The molecule has 0 amide bonds. The molecule has 2 aromatic rings. The molecular formula is C11H9ClF3N5O. The minimum atomic E-state index is -4.48. The van der Waals surface area contributed by atoms with E-state index in [9.17, 15) is 18.3 Å². The van der Waals surface area contributed by atoms with Crippen LogP contribution >= 0.6 is 11.6 Å². The molecule has 21 heavy (non-hydrogen) atoms. The van der Waals surface area contributed by atoms with Crippen molar-refractivity contribution in [3.63, 3.8) is 0 Å². The largest absolute Gasteiger partial charge is 0.479 e. The predicted octanol–water partition coefficient (Wildman–Crippen LogP) is 2.66. The fraction of sp³-hybridized carbons (Fsp3) is 0.273. The quantitative estimate of drug-likeness (QED) is 0.846. The summed E-state index contributed by atoms with van der Waals surface area (Å²) in [5.74, 6) is -0.508. The Kier molecular flexibility index (Phi) is 4.12. The van der Waals surface area contributed by atoms with Gasteiger partial charge in [-0.2, -0.15) is 28.1 Å². The summed E-state index contributed by atoms with van der Waals surface area (Å²) in [7, 11) is 0. The molecule has 0 aliphatic rings. The monoisotopic (exact) mass is 319 g/mol. The lowest BCUT2D eigenvalue weighted by Crippen LogP contribution is -2.33. The van der Waals surface area contributed by atoms with E-state index < -0.39 is 24.2 Å². The van der Waals surface area contributed by atoms with E-state index in [1.807, 2.05) is 5.32 Å². The van der Waals surface area contributed by atoms with Crippen LogP contribution in [0.3, 0.4) is 0 Å². The van der Waals surface area contributed by atoms with E-state index in [1.54, 1.807) is 6.07 Å². The average Bonchev–Trinajstić information content (AvgIpc) is 2.37. The van der Waals surface area contributed by atoms with Crippen LogP contribution in [0.4, 0.5) is 19.1 Å². The molecule has 0 aliphatic carbocycles. The molecule has 0 aromatic carbocycles. The van der Waals surface area contributed by atoms with Crippen molar-refractivity contribution >= 4 is 17.5 Å². The van der Waals surface area contributed by atoms with Crippen molar-refractivity contribution in [3.8, 4) is 17.5 Å². The van der Waals surface area contributed by atoms with Gasteiger partial charge in [0.05, 0.1) is 0 Å². The van der Waals surface area contributed by atoms with E-state index in [1.165, 1.54) is 12.1 Å². The number of anilines is 1. The summed E-state index contributed by atoms with van der Waals surface area (Å²) >= 11 is 5.71.